The predicted molar refractivity (Wildman–Crippen MR) is 69.8 cm³/mol. The van der Waals surface area contributed by atoms with Crippen LogP contribution in [0.4, 0.5) is 5.69 Å². The third kappa shape index (κ3) is 3.21. The SMILES string of the molecule is COc1ccc(C(=O)NCCc2ncn[nH]2)c(N)c1. The van der Waals surface area contributed by atoms with Gasteiger partial charge in [-0.05, 0) is 12.1 Å². The van der Waals surface area contributed by atoms with Crippen LogP contribution >= 0.6 is 0 Å². The first kappa shape index (κ1) is 12.9. The van der Waals surface area contributed by atoms with E-state index in [4.69, 9.17) is 10.5 Å². The molecule has 1 aromatic heterocycles. The monoisotopic (exact) mass is 261 g/mol. The number of aromatic amines is 1. The van der Waals surface area contributed by atoms with Gasteiger partial charge in [0.15, 0.2) is 0 Å². The molecule has 0 aliphatic carbocycles. The van der Waals surface area contributed by atoms with Gasteiger partial charge in [-0.25, -0.2) is 4.98 Å². The second-order valence-electron chi connectivity index (χ2n) is 3.89. The van der Waals surface area contributed by atoms with Crippen molar-refractivity contribution in [1.29, 1.82) is 0 Å². The fourth-order valence-corrected chi connectivity index (χ4v) is 1.62. The van der Waals surface area contributed by atoms with E-state index in [0.717, 1.165) is 5.82 Å². The number of methoxy groups -OCH3 is 1. The van der Waals surface area contributed by atoms with Crippen molar-refractivity contribution < 1.29 is 9.53 Å². The summed E-state index contributed by atoms with van der Waals surface area (Å²) in [5.41, 5.74) is 6.61. The van der Waals surface area contributed by atoms with Gasteiger partial charge in [0.05, 0.1) is 12.7 Å². The molecule has 0 saturated carbocycles. The number of nitrogens with two attached hydrogens (primary N) is 1. The number of hydrogen-bond donors (Lipinski definition) is 3. The summed E-state index contributed by atoms with van der Waals surface area (Å²) in [5, 5.41) is 9.22. The number of nitrogens with zero attached hydrogens (tertiary/aromatic N) is 2. The zero-order valence-electron chi connectivity index (χ0n) is 10.5. The number of anilines is 1. The highest BCUT2D eigenvalue weighted by Crippen LogP contribution is 2.19. The van der Waals surface area contributed by atoms with Crippen molar-refractivity contribution in [2.24, 2.45) is 0 Å². The molecule has 0 saturated heterocycles. The molecule has 0 unspecified atom stereocenters. The molecule has 100 valence electrons. The number of rotatable bonds is 5. The molecule has 0 fully saturated rings. The summed E-state index contributed by atoms with van der Waals surface area (Å²) in [7, 11) is 1.55. The Hall–Kier alpha value is -2.57. The number of benzene rings is 1. The molecular weight excluding hydrogens is 246 g/mol. The van der Waals surface area contributed by atoms with Crippen LogP contribution in [0.3, 0.4) is 0 Å². The minimum Gasteiger partial charge on any atom is -0.497 e. The van der Waals surface area contributed by atoms with Crippen molar-refractivity contribution in [3.63, 3.8) is 0 Å². The van der Waals surface area contributed by atoms with Crippen LogP contribution in [0.25, 0.3) is 0 Å². The third-order valence-electron chi connectivity index (χ3n) is 2.62. The summed E-state index contributed by atoms with van der Waals surface area (Å²) >= 11 is 0. The van der Waals surface area contributed by atoms with E-state index >= 15 is 0 Å². The molecule has 0 radical (unpaired) electrons. The van der Waals surface area contributed by atoms with Crippen molar-refractivity contribution in [3.05, 3.63) is 35.9 Å². The Bertz CT molecular complexity index is 553. The van der Waals surface area contributed by atoms with Crippen molar-refractivity contribution in [3.8, 4) is 5.75 Å². The normalized spacial score (nSPS) is 10.2. The van der Waals surface area contributed by atoms with Crippen molar-refractivity contribution in [2.45, 2.75) is 6.42 Å². The van der Waals surface area contributed by atoms with Crippen LogP contribution in [-0.4, -0.2) is 34.7 Å². The van der Waals surface area contributed by atoms with Crippen LogP contribution in [0, 0.1) is 0 Å². The smallest absolute Gasteiger partial charge is 0.253 e. The Kier molecular flexibility index (Phi) is 3.97. The van der Waals surface area contributed by atoms with Gasteiger partial charge in [0.2, 0.25) is 0 Å². The molecule has 7 heteroatoms. The molecular formula is C12H15N5O2. The molecule has 0 bridgehead atoms. The van der Waals surface area contributed by atoms with Crippen molar-refractivity contribution in [1.82, 2.24) is 20.5 Å². The van der Waals surface area contributed by atoms with Gasteiger partial charge >= 0.3 is 0 Å². The summed E-state index contributed by atoms with van der Waals surface area (Å²) in [6, 6.07) is 4.95. The van der Waals surface area contributed by atoms with Gasteiger partial charge in [0, 0.05) is 24.7 Å². The molecule has 7 nitrogen and oxygen atoms in total. The highest BCUT2D eigenvalue weighted by Gasteiger charge is 2.10. The molecule has 1 amide bonds. The largest absolute Gasteiger partial charge is 0.497 e. The summed E-state index contributed by atoms with van der Waals surface area (Å²) in [4.78, 5) is 15.9. The Morgan fingerprint density at radius 2 is 2.37 bits per heavy atom. The number of hydrogen-bond acceptors (Lipinski definition) is 5. The molecule has 0 aliphatic heterocycles. The van der Waals surface area contributed by atoms with E-state index < -0.39 is 0 Å². The number of H-pyrrole nitrogens is 1. The second kappa shape index (κ2) is 5.85. The molecule has 0 aliphatic rings. The standard InChI is InChI=1S/C12H15N5O2/c1-19-8-2-3-9(10(13)6-8)12(18)14-5-4-11-15-7-16-17-11/h2-3,6-7H,4-5,13H2,1H3,(H,14,18)(H,15,16,17). The number of amides is 1. The number of nitrogen functional groups attached to an aromatic ring is 1. The van der Waals surface area contributed by atoms with E-state index in [9.17, 15) is 4.79 Å². The van der Waals surface area contributed by atoms with E-state index in [1.165, 1.54) is 6.33 Å². The van der Waals surface area contributed by atoms with E-state index in [0.29, 0.717) is 30.0 Å². The Morgan fingerprint density at radius 3 is 3.00 bits per heavy atom. The van der Waals surface area contributed by atoms with Crippen molar-refractivity contribution in [2.75, 3.05) is 19.4 Å². The average Bonchev–Trinajstić information content (AvgIpc) is 2.91. The van der Waals surface area contributed by atoms with E-state index in [2.05, 4.69) is 20.5 Å². The molecule has 0 spiro atoms. The molecule has 19 heavy (non-hydrogen) atoms. The lowest BCUT2D eigenvalue weighted by Gasteiger charge is -2.08. The van der Waals surface area contributed by atoms with Gasteiger partial charge in [0.25, 0.3) is 5.91 Å². The zero-order valence-corrected chi connectivity index (χ0v) is 10.5. The average molecular weight is 261 g/mol. The Labute approximate surface area is 110 Å². The molecule has 0 atom stereocenters. The topological polar surface area (TPSA) is 106 Å². The summed E-state index contributed by atoms with van der Waals surface area (Å²) in [6.45, 7) is 0.458. The number of carbonyl (C=O) groups excluding carboxylic acids is 1. The minimum atomic E-state index is -0.223. The lowest BCUT2D eigenvalue weighted by Crippen LogP contribution is -2.26. The Morgan fingerprint density at radius 1 is 1.53 bits per heavy atom. The van der Waals surface area contributed by atoms with E-state index in [-0.39, 0.29) is 5.91 Å². The summed E-state index contributed by atoms with van der Waals surface area (Å²) in [6.07, 6.45) is 2.01. The maximum atomic E-state index is 11.9. The lowest BCUT2D eigenvalue weighted by atomic mass is 10.1. The van der Waals surface area contributed by atoms with Crippen LogP contribution in [-0.2, 0) is 6.42 Å². The molecule has 1 aromatic carbocycles. The van der Waals surface area contributed by atoms with E-state index in [1.807, 2.05) is 0 Å². The fraction of sp³-hybridized carbons (Fsp3) is 0.250. The highest BCUT2D eigenvalue weighted by molar-refractivity contribution is 5.99. The van der Waals surface area contributed by atoms with Crippen LogP contribution in [0.2, 0.25) is 0 Å². The van der Waals surface area contributed by atoms with Crippen LogP contribution in [0.1, 0.15) is 16.2 Å². The lowest BCUT2D eigenvalue weighted by molar-refractivity contribution is 0.0955. The van der Waals surface area contributed by atoms with Gasteiger partial charge in [-0.15, -0.1) is 0 Å². The number of nitrogens with one attached hydrogen (secondary N) is 2. The summed E-state index contributed by atoms with van der Waals surface area (Å²) < 4.78 is 5.03. The first-order chi connectivity index (χ1) is 9.20. The first-order valence-corrected chi connectivity index (χ1v) is 5.76. The minimum absolute atomic E-state index is 0.223. The van der Waals surface area contributed by atoms with Crippen molar-refractivity contribution >= 4 is 11.6 Å². The second-order valence-corrected chi connectivity index (χ2v) is 3.89. The number of carbonyl (C=O) groups is 1. The van der Waals surface area contributed by atoms with Gasteiger partial charge in [0.1, 0.15) is 17.9 Å². The molecule has 4 N–H and O–H groups in total. The molecule has 1 heterocycles. The van der Waals surface area contributed by atoms with Crippen LogP contribution in [0.5, 0.6) is 5.75 Å². The Balaban J connectivity index is 1.92. The zero-order chi connectivity index (χ0) is 13.7. The van der Waals surface area contributed by atoms with Gasteiger partial charge in [-0.2, -0.15) is 5.10 Å². The van der Waals surface area contributed by atoms with Gasteiger partial charge < -0.3 is 15.8 Å². The summed E-state index contributed by atoms with van der Waals surface area (Å²) in [5.74, 6) is 1.12. The van der Waals surface area contributed by atoms with Gasteiger partial charge in [-0.1, -0.05) is 0 Å². The number of ether oxygens (including phenoxy) is 1. The first-order valence-electron chi connectivity index (χ1n) is 5.76. The quantitative estimate of drug-likeness (QED) is 0.674. The van der Waals surface area contributed by atoms with Crippen LogP contribution < -0.4 is 15.8 Å². The molecule has 2 aromatic rings. The molecule has 2 rings (SSSR count). The maximum Gasteiger partial charge on any atom is 0.253 e. The highest BCUT2D eigenvalue weighted by atomic mass is 16.5. The third-order valence-corrected chi connectivity index (χ3v) is 2.62. The maximum absolute atomic E-state index is 11.9. The van der Waals surface area contributed by atoms with E-state index in [1.54, 1.807) is 25.3 Å². The number of aromatic nitrogens is 3. The van der Waals surface area contributed by atoms with Gasteiger partial charge in [-0.3, -0.25) is 9.89 Å². The van der Waals surface area contributed by atoms with Crippen LogP contribution in [0.15, 0.2) is 24.5 Å². The fourth-order valence-electron chi connectivity index (χ4n) is 1.62. The predicted octanol–water partition coefficient (Wildman–Crippen LogP) is 0.368.